The van der Waals surface area contributed by atoms with Crippen molar-refractivity contribution in [3.05, 3.63) is 16.8 Å². The molecule has 5 nitrogen and oxygen atoms in total. The van der Waals surface area contributed by atoms with Crippen LogP contribution in [-0.4, -0.2) is 35.5 Å². The van der Waals surface area contributed by atoms with E-state index in [4.69, 9.17) is 4.98 Å². The second-order valence-electron chi connectivity index (χ2n) is 9.00. The van der Waals surface area contributed by atoms with Gasteiger partial charge < -0.3 is 10.2 Å². The Labute approximate surface area is 165 Å². The molecule has 1 N–H and O–H groups in total. The van der Waals surface area contributed by atoms with Gasteiger partial charge in [-0.25, -0.2) is 9.97 Å². The van der Waals surface area contributed by atoms with Gasteiger partial charge in [0, 0.05) is 29.9 Å². The van der Waals surface area contributed by atoms with Gasteiger partial charge in [-0.15, -0.1) is 11.3 Å². The van der Waals surface area contributed by atoms with Gasteiger partial charge in [0.1, 0.15) is 17.0 Å². The number of piperidine rings is 1. The summed E-state index contributed by atoms with van der Waals surface area (Å²) in [4.78, 5) is 26.6. The number of amides is 1. The Hall–Kier alpha value is -1.69. The molecule has 1 saturated heterocycles. The van der Waals surface area contributed by atoms with Crippen molar-refractivity contribution < 1.29 is 4.79 Å². The number of hydrogen-bond acceptors (Lipinski definition) is 5. The molecular weight excluding hydrogens is 356 g/mol. The number of hydrogen-bond donors (Lipinski definition) is 1. The van der Waals surface area contributed by atoms with Crippen LogP contribution in [0.2, 0.25) is 0 Å². The number of nitrogens with zero attached hydrogens (tertiary/aromatic N) is 3. The van der Waals surface area contributed by atoms with Crippen molar-refractivity contribution in [1.29, 1.82) is 0 Å². The molecule has 146 valence electrons. The standard InChI is InChI=1S/C21H30N4OS/c1-21(2,3)20(26)22-11-14-7-6-10-25(12-14)18-17-15-8-4-5-9-16(15)27-19(17)24-13-23-18/h13-14H,4-12H2,1-3H3,(H,22,26). The molecule has 2 aliphatic rings. The first-order valence-electron chi connectivity index (χ1n) is 10.2. The number of rotatable bonds is 3. The summed E-state index contributed by atoms with van der Waals surface area (Å²) in [5, 5.41) is 4.45. The Morgan fingerprint density at radius 3 is 2.89 bits per heavy atom. The first kappa shape index (κ1) is 18.7. The van der Waals surface area contributed by atoms with Crippen LogP contribution in [0.5, 0.6) is 0 Å². The Kier molecular flexibility index (Phi) is 5.10. The van der Waals surface area contributed by atoms with Gasteiger partial charge in [-0.3, -0.25) is 4.79 Å². The third-order valence-corrected chi connectivity index (χ3v) is 6.98. The summed E-state index contributed by atoms with van der Waals surface area (Å²) in [5.41, 5.74) is 1.17. The molecule has 1 amide bonds. The maximum absolute atomic E-state index is 12.2. The molecule has 6 heteroatoms. The van der Waals surface area contributed by atoms with Crippen LogP contribution in [0.1, 0.15) is 56.9 Å². The molecule has 0 radical (unpaired) electrons. The summed E-state index contributed by atoms with van der Waals surface area (Å²) in [6, 6.07) is 0. The van der Waals surface area contributed by atoms with Crippen LogP contribution in [0.3, 0.4) is 0 Å². The monoisotopic (exact) mass is 386 g/mol. The average Bonchev–Trinajstić information content (AvgIpc) is 3.04. The normalized spacial score (nSPS) is 20.6. The number of aromatic nitrogens is 2. The third kappa shape index (κ3) is 3.82. The van der Waals surface area contributed by atoms with E-state index in [9.17, 15) is 4.79 Å². The summed E-state index contributed by atoms with van der Waals surface area (Å²) >= 11 is 1.86. The average molecular weight is 387 g/mol. The minimum Gasteiger partial charge on any atom is -0.356 e. The Morgan fingerprint density at radius 1 is 1.26 bits per heavy atom. The molecule has 2 aromatic rings. The molecule has 1 aliphatic carbocycles. The molecule has 0 spiro atoms. The van der Waals surface area contributed by atoms with E-state index in [1.54, 1.807) is 6.33 Å². The second-order valence-corrected chi connectivity index (χ2v) is 10.1. The fraction of sp³-hybridized carbons (Fsp3) is 0.667. The largest absolute Gasteiger partial charge is 0.356 e. The fourth-order valence-electron chi connectivity index (χ4n) is 4.24. The minimum atomic E-state index is -0.330. The van der Waals surface area contributed by atoms with Crippen LogP contribution in [0.4, 0.5) is 5.82 Å². The maximum atomic E-state index is 12.2. The topological polar surface area (TPSA) is 58.1 Å². The number of carbonyl (C=O) groups is 1. The number of aryl methyl sites for hydroxylation is 2. The zero-order chi connectivity index (χ0) is 19.0. The molecule has 0 aromatic carbocycles. The lowest BCUT2D eigenvalue weighted by Crippen LogP contribution is -2.43. The van der Waals surface area contributed by atoms with Gasteiger partial charge in [0.05, 0.1) is 5.39 Å². The first-order chi connectivity index (χ1) is 12.9. The van der Waals surface area contributed by atoms with E-state index in [0.29, 0.717) is 5.92 Å². The van der Waals surface area contributed by atoms with Crippen LogP contribution in [0.15, 0.2) is 6.33 Å². The van der Waals surface area contributed by atoms with Gasteiger partial charge in [-0.2, -0.15) is 0 Å². The van der Waals surface area contributed by atoms with Gasteiger partial charge in [-0.05, 0) is 50.0 Å². The number of nitrogens with one attached hydrogen (secondary N) is 1. The molecule has 4 rings (SSSR count). The van der Waals surface area contributed by atoms with E-state index in [-0.39, 0.29) is 11.3 Å². The first-order valence-corrected chi connectivity index (χ1v) is 11.0. The Bertz CT molecular complexity index is 839. The Morgan fingerprint density at radius 2 is 2.07 bits per heavy atom. The van der Waals surface area contributed by atoms with Crippen molar-refractivity contribution in [2.75, 3.05) is 24.5 Å². The molecule has 27 heavy (non-hydrogen) atoms. The Balaban J connectivity index is 1.53. The van der Waals surface area contributed by atoms with Crippen LogP contribution in [-0.2, 0) is 17.6 Å². The SMILES string of the molecule is CC(C)(C)C(=O)NCC1CCCN(c2ncnc3sc4c(c23)CCCC4)C1. The van der Waals surface area contributed by atoms with E-state index >= 15 is 0 Å². The van der Waals surface area contributed by atoms with E-state index < -0.39 is 0 Å². The van der Waals surface area contributed by atoms with Crippen molar-refractivity contribution in [3.8, 4) is 0 Å². The highest BCUT2D eigenvalue weighted by Crippen LogP contribution is 2.40. The summed E-state index contributed by atoms with van der Waals surface area (Å²) in [5.74, 6) is 1.73. The van der Waals surface area contributed by atoms with E-state index in [1.807, 2.05) is 32.1 Å². The van der Waals surface area contributed by atoms with E-state index in [2.05, 4.69) is 15.2 Å². The number of anilines is 1. The minimum absolute atomic E-state index is 0.135. The highest BCUT2D eigenvalue weighted by atomic mass is 32.1. The van der Waals surface area contributed by atoms with Crippen LogP contribution >= 0.6 is 11.3 Å². The lowest BCUT2D eigenvalue weighted by atomic mass is 9.93. The second kappa shape index (κ2) is 7.38. The highest BCUT2D eigenvalue weighted by molar-refractivity contribution is 7.19. The summed E-state index contributed by atoms with van der Waals surface area (Å²) in [6.07, 6.45) is 8.96. The van der Waals surface area contributed by atoms with Crippen LogP contribution < -0.4 is 10.2 Å². The summed E-state index contributed by atoms with van der Waals surface area (Å²) in [7, 11) is 0. The lowest BCUT2D eigenvalue weighted by Gasteiger charge is -2.34. The van der Waals surface area contributed by atoms with Gasteiger partial charge in [0.15, 0.2) is 0 Å². The van der Waals surface area contributed by atoms with Crippen molar-refractivity contribution in [3.63, 3.8) is 0 Å². The van der Waals surface area contributed by atoms with Crippen LogP contribution in [0, 0.1) is 11.3 Å². The molecule has 1 fully saturated rings. The van der Waals surface area contributed by atoms with E-state index in [0.717, 1.165) is 49.5 Å². The fourth-order valence-corrected chi connectivity index (χ4v) is 5.46. The molecule has 0 saturated carbocycles. The number of fused-ring (bicyclic) bond motifs is 3. The number of carbonyl (C=O) groups excluding carboxylic acids is 1. The predicted octanol–water partition coefficient (Wildman–Crippen LogP) is 3.95. The van der Waals surface area contributed by atoms with Crippen molar-refractivity contribution in [1.82, 2.24) is 15.3 Å². The van der Waals surface area contributed by atoms with Gasteiger partial charge in [0.25, 0.3) is 0 Å². The zero-order valence-corrected chi connectivity index (χ0v) is 17.5. The molecule has 2 aromatic heterocycles. The molecule has 1 aliphatic heterocycles. The molecule has 1 atom stereocenters. The number of thiophene rings is 1. The van der Waals surface area contributed by atoms with Gasteiger partial charge >= 0.3 is 0 Å². The predicted molar refractivity (Wildman–Crippen MR) is 111 cm³/mol. The molecule has 0 bridgehead atoms. The summed E-state index contributed by atoms with van der Waals surface area (Å²) in [6.45, 7) is 8.65. The van der Waals surface area contributed by atoms with Crippen molar-refractivity contribution in [2.24, 2.45) is 11.3 Å². The molecule has 1 unspecified atom stereocenters. The maximum Gasteiger partial charge on any atom is 0.225 e. The molecular formula is C21H30N4OS. The van der Waals surface area contributed by atoms with Crippen molar-refractivity contribution in [2.45, 2.75) is 59.3 Å². The van der Waals surface area contributed by atoms with E-state index in [1.165, 1.54) is 35.1 Å². The third-order valence-electron chi connectivity index (χ3n) is 5.78. The smallest absolute Gasteiger partial charge is 0.225 e. The quantitative estimate of drug-likeness (QED) is 0.868. The molecule has 3 heterocycles. The van der Waals surface area contributed by atoms with Crippen LogP contribution in [0.25, 0.3) is 10.2 Å². The van der Waals surface area contributed by atoms with Gasteiger partial charge in [0.2, 0.25) is 5.91 Å². The summed E-state index contributed by atoms with van der Waals surface area (Å²) < 4.78 is 0. The van der Waals surface area contributed by atoms with Gasteiger partial charge in [-0.1, -0.05) is 20.8 Å². The lowest BCUT2D eigenvalue weighted by molar-refractivity contribution is -0.128. The highest BCUT2D eigenvalue weighted by Gasteiger charge is 2.27. The van der Waals surface area contributed by atoms with Crippen molar-refractivity contribution >= 4 is 33.3 Å². The zero-order valence-electron chi connectivity index (χ0n) is 16.7.